The topological polar surface area (TPSA) is 74.8 Å². The maximum Gasteiger partial charge on any atom is 0.247 e. The molecule has 1 N–H and O–H groups in total. The van der Waals surface area contributed by atoms with Gasteiger partial charge in [-0.2, -0.15) is 0 Å². The lowest BCUT2D eigenvalue weighted by Crippen LogP contribution is -2.31. The molecular formula is C26H21N3O3S. The molecule has 1 saturated heterocycles. The number of hydrogen-bond donors (Lipinski definition) is 1. The number of fused-ring (bicyclic) bond motifs is 1. The van der Waals surface area contributed by atoms with E-state index in [1.807, 2.05) is 79.0 Å². The molecule has 1 aliphatic heterocycles. The number of aromatic amines is 1. The molecule has 1 atom stereocenters. The molecule has 0 saturated carbocycles. The molecule has 0 spiro atoms. The number of thioether (sulfide) groups is 1. The zero-order valence-corrected chi connectivity index (χ0v) is 18.7. The van der Waals surface area contributed by atoms with Crippen LogP contribution in [0, 0.1) is 0 Å². The number of rotatable bonds is 6. The first-order valence-corrected chi connectivity index (χ1v) is 11.4. The van der Waals surface area contributed by atoms with Gasteiger partial charge in [0.1, 0.15) is 5.75 Å². The number of imide groups is 1. The molecule has 7 heteroatoms. The zero-order valence-electron chi connectivity index (χ0n) is 17.9. The van der Waals surface area contributed by atoms with Gasteiger partial charge in [-0.1, -0.05) is 18.2 Å². The summed E-state index contributed by atoms with van der Waals surface area (Å²) in [6.07, 6.45) is 3.80. The summed E-state index contributed by atoms with van der Waals surface area (Å²) in [7, 11) is 1.63. The van der Waals surface area contributed by atoms with Crippen LogP contribution in [-0.4, -0.2) is 35.4 Å². The van der Waals surface area contributed by atoms with Crippen LogP contribution in [0.5, 0.6) is 5.75 Å². The van der Waals surface area contributed by atoms with Crippen molar-refractivity contribution in [2.75, 3.05) is 12.0 Å². The first-order valence-electron chi connectivity index (χ1n) is 10.5. The molecule has 1 aromatic heterocycles. The largest absolute Gasteiger partial charge is 0.497 e. The number of carbonyl (C=O) groups excluding carboxylic acids is 2. The molecule has 5 rings (SSSR count). The van der Waals surface area contributed by atoms with E-state index in [0.717, 1.165) is 32.8 Å². The van der Waals surface area contributed by atoms with E-state index in [2.05, 4.69) is 9.98 Å². The Labute approximate surface area is 195 Å². The molecule has 164 valence electrons. The van der Waals surface area contributed by atoms with Crippen molar-refractivity contribution in [2.24, 2.45) is 4.99 Å². The highest BCUT2D eigenvalue weighted by atomic mass is 32.2. The highest BCUT2D eigenvalue weighted by molar-refractivity contribution is 8.00. The molecule has 1 aliphatic rings. The van der Waals surface area contributed by atoms with E-state index in [9.17, 15) is 9.59 Å². The maximum absolute atomic E-state index is 13.0. The second-order valence-corrected chi connectivity index (χ2v) is 8.93. The fraction of sp³-hybridized carbons (Fsp3) is 0.115. The van der Waals surface area contributed by atoms with Gasteiger partial charge in [-0.3, -0.25) is 14.6 Å². The molecule has 0 radical (unpaired) electrons. The number of anilines is 1. The van der Waals surface area contributed by atoms with Crippen molar-refractivity contribution in [3.63, 3.8) is 0 Å². The van der Waals surface area contributed by atoms with Crippen molar-refractivity contribution >= 4 is 52.1 Å². The lowest BCUT2D eigenvalue weighted by molar-refractivity contribution is -0.121. The number of H-pyrrole nitrogens is 1. The van der Waals surface area contributed by atoms with Crippen molar-refractivity contribution in [1.82, 2.24) is 4.98 Å². The van der Waals surface area contributed by atoms with Crippen LogP contribution >= 0.6 is 11.8 Å². The Morgan fingerprint density at radius 3 is 2.73 bits per heavy atom. The Bertz CT molecular complexity index is 1360. The second kappa shape index (κ2) is 8.96. The van der Waals surface area contributed by atoms with E-state index in [1.165, 1.54) is 16.7 Å². The summed E-state index contributed by atoms with van der Waals surface area (Å²) < 4.78 is 5.23. The van der Waals surface area contributed by atoms with Gasteiger partial charge in [0.15, 0.2) is 0 Å². The third-order valence-corrected chi connectivity index (χ3v) is 6.67. The number of nitrogens with one attached hydrogen (secondary N) is 1. The van der Waals surface area contributed by atoms with Gasteiger partial charge in [-0.25, -0.2) is 4.90 Å². The minimum Gasteiger partial charge on any atom is -0.497 e. The van der Waals surface area contributed by atoms with E-state index < -0.39 is 5.25 Å². The normalized spacial score (nSPS) is 16.3. The van der Waals surface area contributed by atoms with Crippen molar-refractivity contribution in [3.8, 4) is 5.75 Å². The van der Waals surface area contributed by atoms with E-state index in [-0.39, 0.29) is 18.2 Å². The Morgan fingerprint density at radius 1 is 1.06 bits per heavy atom. The third kappa shape index (κ3) is 4.40. The van der Waals surface area contributed by atoms with Crippen LogP contribution in [0.4, 0.5) is 11.4 Å². The maximum atomic E-state index is 13.0. The van der Waals surface area contributed by atoms with Gasteiger partial charge >= 0.3 is 0 Å². The lowest BCUT2D eigenvalue weighted by Gasteiger charge is -2.15. The quantitative estimate of drug-likeness (QED) is 0.314. The fourth-order valence-corrected chi connectivity index (χ4v) is 4.84. The summed E-state index contributed by atoms with van der Waals surface area (Å²) in [6, 6.07) is 22.8. The predicted octanol–water partition coefficient (Wildman–Crippen LogP) is 5.35. The van der Waals surface area contributed by atoms with Crippen molar-refractivity contribution in [1.29, 1.82) is 0 Å². The lowest BCUT2D eigenvalue weighted by atomic mass is 10.2. The van der Waals surface area contributed by atoms with Crippen LogP contribution in [0.2, 0.25) is 0 Å². The predicted molar refractivity (Wildman–Crippen MR) is 132 cm³/mol. The van der Waals surface area contributed by atoms with E-state index in [1.54, 1.807) is 13.3 Å². The number of carbonyl (C=O) groups is 2. The van der Waals surface area contributed by atoms with Crippen LogP contribution in [-0.2, 0) is 9.59 Å². The first kappa shape index (κ1) is 21.0. The summed E-state index contributed by atoms with van der Waals surface area (Å²) in [4.78, 5) is 35.5. The monoisotopic (exact) mass is 455 g/mol. The average molecular weight is 456 g/mol. The number of nitrogens with zero attached hydrogens (tertiary/aromatic N) is 2. The molecule has 3 aromatic carbocycles. The highest BCUT2D eigenvalue weighted by Gasteiger charge is 2.40. The molecule has 0 bridgehead atoms. The van der Waals surface area contributed by atoms with Crippen molar-refractivity contribution in [2.45, 2.75) is 16.6 Å². The Kier molecular flexibility index (Phi) is 5.71. The minimum absolute atomic E-state index is 0.178. The van der Waals surface area contributed by atoms with Crippen molar-refractivity contribution in [3.05, 3.63) is 84.6 Å². The van der Waals surface area contributed by atoms with Gasteiger partial charge in [0.2, 0.25) is 11.8 Å². The molecule has 1 fully saturated rings. The third-order valence-electron chi connectivity index (χ3n) is 5.47. The van der Waals surface area contributed by atoms with E-state index in [0.29, 0.717) is 5.69 Å². The Morgan fingerprint density at radius 2 is 1.91 bits per heavy atom. The molecule has 0 aliphatic carbocycles. The summed E-state index contributed by atoms with van der Waals surface area (Å²) in [5, 5.41) is 0.598. The highest BCUT2D eigenvalue weighted by Crippen LogP contribution is 2.35. The number of ether oxygens (including phenoxy) is 1. The number of amides is 2. The number of aliphatic imine (C=N–C) groups is 1. The zero-order chi connectivity index (χ0) is 22.8. The second-order valence-electron chi connectivity index (χ2n) is 7.66. The minimum atomic E-state index is -0.442. The average Bonchev–Trinajstić information content (AvgIpc) is 3.42. The van der Waals surface area contributed by atoms with Crippen LogP contribution in [0.15, 0.2) is 88.9 Å². The smallest absolute Gasteiger partial charge is 0.247 e. The van der Waals surface area contributed by atoms with Crippen LogP contribution in [0.1, 0.15) is 12.0 Å². The number of hydrogen-bond acceptors (Lipinski definition) is 5. The molecular weight excluding hydrogens is 434 g/mol. The Hall–Kier alpha value is -3.84. The van der Waals surface area contributed by atoms with Gasteiger partial charge in [0, 0.05) is 29.2 Å². The first-order chi connectivity index (χ1) is 16.1. The number of aromatic nitrogens is 1. The van der Waals surface area contributed by atoms with Gasteiger partial charge in [0.25, 0.3) is 0 Å². The standard InChI is InChI=1S/C26H21N3O3S/c1-32-21-4-2-3-17(13-21)16-28-19-6-9-22(10-7-19)33-24-15-25(30)29(26(24)31)20-8-5-18-11-12-27-23(18)14-20/h2-14,16,24,27H,15H2,1H3. The van der Waals surface area contributed by atoms with Gasteiger partial charge in [-0.05, 0) is 65.5 Å². The summed E-state index contributed by atoms with van der Waals surface area (Å²) in [5.74, 6) is 0.419. The van der Waals surface area contributed by atoms with Crippen LogP contribution < -0.4 is 9.64 Å². The van der Waals surface area contributed by atoms with E-state index in [4.69, 9.17) is 4.74 Å². The summed E-state index contributed by atoms with van der Waals surface area (Å²) in [5.41, 5.74) is 3.25. The molecule has 2 amide bonds. The molecule has 1 unspecified atom stereocenters. The number of benzene rings is 3. The van der Waals surface area contributed by atoms with E-state index >= 15 is 0 Å². The van der Waals surface area contributed by atoms with Gasteiger partial charge in [0.05, 0.1) is 23.7 Å². The van der Waals surface area contributed by atoms with Gasteiger partial charge < -0.3 is 9.72 Å². The molecule has 6 nitrogen and oxygen atoms in total. The Balaban J connectivity index is 1.27. The SMILES string of the molecule is COc1cccc(C=Nc2ccc(SC3CC(=O)N(c4ccc5cc[nH]c5c4)C3=O)cc2)c1. The molecule has 2 heterocycles. The van der Waals surface area contributed by atoms with Crippen LogP contribution in [0.25, 0.3) is 10.9 Å². The fourth-order valence-electron chi connectivity index (χ4n) is 3.79. The summed E-state index contributed by atoms with van der Waals surface area (Å²) in [6.45, 7) is 0. The molecule has 4 aromatic rings. The van der Waals surface area contributed by atoms with Crippen molar-refractivity contribution < 1.29 is 14.3 Å². The van der Waals surface area contributed by atoms with Crippen LogP contribution in [0.3, 0.4) is 0 Å². The summed E-state index contributed by atoms with van der Waals surface area (Å²) >= 11 is 1.41. The van der Waals surface area contributed by atoms with Gasteiger partial charge in [-0.15, -0.1) is 11.8 Å². The molecule has 33 heavy (non-hydrogen) atoms. The number of methoxy groups -OCH3 is 1.